The van der Waals surface area contributed by atoms with Crippen molar-refractivity contribution >= 4 is 9.52 Å². The molecule has 0 rings (SSSR count). The van der Waals surface area contributed by atoms with Crippen molar-refractivity contribution in [2.24, 2.45) is 0 Å². The van der Waals surface area contributed by atoms with Gasteiger partial charge in [0.25, 0.3) is 0 Å². The number of hydrogen-bond acceptors (Lipinski definition) is 0. The summed E-state index contributed by atoms with van der Waals surface area (Å²) in [6.45, 7) is 9.34. The lowest BCUT2D eigenvalue weighted by Gasteiger charge is -2.11. The highest BCUT2D eigenvalue weighted by Crippen LogP contribution is 2.16. The molecule has 0 aliphatic rings. The van der Waals surface area contributed by atoms with Gasteiger partial charge >= 0.3 is 0 Å². The van der Waals surface area contributed by atoms with E-state index in [1.165, 1.54) is 12.8 Å². The molecule has 0 aromatic carbocycles. The van der Waals surface area contributed by atoms with E-state index < -0.39 is 0 Å². The van der Waals surface area contributed by atoms with Gasteiger partial charge in [-0.05, 0) is 0 Å². The summed E-state index contributed by atoms with van der Waals surface area (Å²) in [5.41, 5.74) is 2.03. The van der Waals surface area contributed by atoms with Crippen LogP contribution in [0.2, 0.25) is 11.1 Å². The van der Waals surface area contributed by atoms with Crippen molar-refractivity contribution < 1.29 is 0 Å². The fourth-order valence-corrected chi connectivity index (χ4v) is 2.50. The molecule has 0 amide bonds. The summed E-state index contributed by atoms with van der Waals surface area (Å²) >= 11 is 0. The highest BCUT2D eigenvalue weighted by molar-refractivity contribution is 6.39. The smallest absolute Gasteiger partial charge is 0.0340 e. The van der Waals surface area contributed by atoms with E-state index in [4.69, 9.17) is 0 Å². The van der Waals surface area contributed by atoms with E-state index in [-0.39, 0.29) is 0 Å². The molecule has 0 aromatic heterocycles. The lowest BCUT2D eigenvalue weighted by molar-refractivity contribution is 0.803. The fourth-order valence-electron chi connectivity index (χ4n) is 0.833. The first kappa shape index (κ1) is 9.22. The Labute approximate surface area is 61.9 Å². The fraction of sp³-hybridized carbons (Fsp3) is 1.00. The van der Waals surface area contributed by atoms with Crippen LogP contribution in [-0.4, -0.2) is 9.52 Å². The Morgan fingerprint density at radius 1 is 1.00 bits per heavy atom. The Kier molecular flexibility index (Phi) is 5.16. The Morgan fingerprint density at radius 3 is 1.56 bits per heavy atom. The molecular formula is C8H19Si. The van der Waals surface area contributed by atoms with Gasteiger partial charge in [-0.3, -0.25) is 0 Å². The van der Waals surface area contributed by atoms with E-state index in [0.717, 1.165) is 20.6 Å². The van der Waals surface area contributed by atoms with E-state index in [1.54, 1.807) is 0 Å². The second-order valence-corrected chi connectivity index (χ2v) is 5.62. The summed E-state index contributed by atoms with van der Waals surface area (Å²) in [7, 11) is 0.720. The zero-order chi connectivity index (χ0) is 7.28. The number of rotatable bonds is 4. The topological polar surface area (TPSA) is 0 Å². The SMILES string of the molecule is CCC(C)[SiH]C(C)CC. The van der Waals surface area contributed by atoms with E-state index >= 15 is 0 Å². The summed E-state index contributed by atoms with van der Waals surface area (Å²) in [6.07, 6.45) is 2.75. The summed E-state index contributed by atoms with van der Waals surface area (Å²) in [5, 5.41) is 0. The summed E-state index contributed by atoms with van der Waals surface area (Å²) in [4.78, 5) is 0. The van der Waals surface area contributed by atoms with E-state index in [0.29, 0.717) is 0 Å². The second-order valence-electron chi connectivity index (χ2n) is 2.96. The van der Waals surface area contributed by atoms with E-state index in [9.17, 15) is 0 Å². The highest BCUT2D eigenvalue weighted by atomic mass is 28.2. The van der Waals surface area contributed by atoms with Crippen LogP contribution in [0.5, 0.6) is 0 Å². The van der Waals surface area contributed by atoms with Crippen LogP contribution >= 0.6 is 0 Å². The first-order valence-corrected chi connectivity index (χ1v) is 5.39. The van der Waals surface area contributed by atoms with Crippen molar-refractivity contribution in [3.05, 3.63) is 0 Å². The minimum atomic E-state index is 0.720. The van der Waals surface area contributed by atoms with Gasteiger partial charge in [-0.15, -0.1) is 0 Å². The summed E-state index contributed by atoms with van der Waals surface area (Å²) < 4.78 is 0. The van der Waals surface area contributed by atoms with Crippen LogP contribution in [0.25, 0.3) is 0 Å². The van der Waals surface area contributed by atoms with Crippen LogP contribution in [0.15, 0.2) is 0 Å². The molecule has 55 valence electrons. The Hall–Kier alpha value is 0.217. The van der Waals surface area contributed by atoms with Crippen molar-refractivity contribution in [2.45, 2.75) is 51.6 Å². The monoisotopic (exact) mass is 143 g/mol. The van der Waals surface area contributed by atoms with Crippen LogP contribution in [0.4, 0.5) is 0 Å². The molecule has 2 unspecified atom stereocenters. The Bertz CT molecular complexity index is 53.6. The van der Waals surface area contributed by atoms with Crippen LogP contribution in [0.3, 0.4) is 0 Å². The molecule has 0 aliphatic heterocycles. The maximum atomic E-state index is 2.38. The molecule has 0 saturated carbocycles. The molecule has 0 heterocycles. The maximum absolute atomic E-state index is 2.38. The predicted octanol–water partition coefficient (Wildman–Crippen LogP) is 2.86. The molecule has 0 bridgehead atoms. The Morgan fingerprint density at radius 2 is 1.33 bits per heavy atom. The normalized spacial score (nSPS) is 17.3. The van der Waals surface area contributed by atoms with Crippen molar-refractivity contribution in [2.75, 3.05) is 0 Å². The molecule has 0 aromatic rings. The van der Waals surface area contributed by atoms with Gasteiger partial charge in [-0.2, -0.15) is 0 Å². The highest BCUT2D eigenvalue weighted by Gasteiger charge is 2.04. The molecule has 0 aliphatic carbocycles. The second kappa shape index (κ2) is 5.04. The average Bonchev–Trinajstić information content (AvgIpc) is 1.87. The van der Waals surface area contributed by atoms with Crippen LogP contribution < -0.4 is 0 Å². The van der Waals surface area contributed by atoms with Gasteiger partial charge < -0.3 is 0 Å². The van der Waals surface area contributed by atoms with Crippen LogP contribution in [0.1, 0.15) is 40.5 Å². The predicted molar refractivity (Wildman–Crippen MR) is 46.6 cm³/mol. The summed E-state index contributed by atoms with van der Waals surface area (Å²) in [6, 6.07) is 0. The van der Waals surface area contributed by atoms with Gasteiger partial charge in [0.1, 0.15) is 0 Å². The molecule has 1 heteroatoms. The average molecular weight is 143 g/mol. The van der Waals surface area contributed by atoms with Gasteiger partial charge in [-0.25, -0.2) is 0 Å². The van der Waals surface area contributed by atoms with E-state index in [2.05, 4.69) is 27.7 Å². The van der Waals surface area contributed by atoms with Crippen molar-refractivity contribution in [3.63, 3.8) is 0 Å². The Balaban J connectivity index is 3.22. The molecule has 2 atom stereocenters. The molecule has 0 N–H and O–H groups in total. The van der Waals surface area contributed by atoms with Gasteiger partial charge in [0.15, 0.2) is 0 Å². The van der Waals surface area contributed by atoms with Crippen LogP contribution in [0, 0.1) is 0 Å². The maximum Gasteiger partial charge on any atom is 0.0340 e. The largest absolute Gasteiger partial charge is 0.0654 e. The minimum Gasteiger partial charge on any atom is -0.0654 e. The molecule has 0 nitrogen and oxygen atoms in total. The third-order valence-corrected chi connectivity index (χ3v) is 4.20. The van der Waals surface area contributed by atoms with Crippen molar-refractivity contribution in [3.8, 4) is 0 Å². The van der Waals surface area contributed by atoms with Gasteiger partial charge in [0.2, 0.25) is 0 Å². The first-order chi connectivity index (χ1) is 4.20. The van der Waals surface area contributed by atoms with Gasteiger partial charge in [0, 0.05) is 9.52 Å². The lowest BCUT2D eigenvalue weighted by Crippen LogP contribution is -2.03. The zero-order valence-electron chi connectivity index (χ0n) is 7.15. The first-order valence-electron chi connectivity index (χ1n) is 4.05. The third kappa shape index (κ3) is 4.70. The van der Waals surface area contributed by atoms with Gasteiger partial charge in [0.05, 0.1) is 0 Å². The van der Waals surface area contributed by atoms with E-state index in [1.807, 2.05) is 0 Å². The molecule has 0 saturated heterocycles. The zero-order valence-corrected chi connectivity index (χ0v) is 8.30. The molecule has 0 spiro atoms. The molecular weight excluding hydrogens is 124 g/mol. The third-order valence-electron chi connectivity index (χ3n) is 1.94. The van der Waals surface area contributed by atoms with Crippen molar-refractivity contribution in [1.82, 2.24) is 0 Å². The van der Waals surface area contributed by atoms with Crippen LogP contribution in [-0.2, 0) is 0 Å². The minimum absolute atomic E-state index is 0.720. The molecule has 1 radical (unpaired) electrons. The molecule has 0 fully saturated rings. The lowest BCUT2D eigenvalue weighted by atomic mass is 10.4. The van der Waals surface area contributed by atoms with Crippen molar-refractivity contribution in [1.29, 1.82) is 0 Å². The van der Waals surface area contributed by atoms with Gasteiger partial charge in [-0.1, -0.05) is 51.6 Å². The number of hydrogen-bond donors (Lipinski definition) is 0. The molecule has 9 heavy (non-hydrogen) atoms. The quantitative estimate of drug-likeness (QED) is 0.531. The standard InChI is InChI=1S/C8H19Si/c1-5-7(3)9-8(4)6-2/h7-9H,5-6H2,1-4H3. The summed E-state index contributed by atoms with van der Waals surface area (Å²) in [5.74, 6) is 0.